The molecule has 1 rings (SSSR count). The molecule has 0 saturated heterocycles. The van der Waals surface area contributed by atoms with Crippen LogP contribution in [0, 0.1) is 5.82 Å². The second-order valence-electron chi connectivity index (χ2n) is 3.45. The van der Waals surface area contributed by atoms with E-state index in [0.717, 1.165) is 19.2 Å². The van der Waals surface area contributed by atoms with Gasteiger partial charge in [-0.3, -0.25) is 4.79 Å². The summed E-state index contributed by atoms with van der Waals surface area (Å²) >= 11 is 2.99. The fourth-order valence-electron chi connectivity index (χ4n) is 1.25. The lowest BCUT2D eigenvalue weighted by Gasteiger charge is -2.14. The van der Waals surface area contributed by atoms with Crippen molar-refractivity contribution in [1.82, 2.24) is 4.72 Å². The Morgan fingerprint density at radius 3 is 2.68 bits per heavy atom. The van der Waals surface area contributed by atoms with E-state index >= 15 is 0 Å². The van der Waals surface area contributed by atoms with Crippen molar-refractivity contribution in [1.29, 1.82) is 0 Å². The number of halogens is 2. The van der Waals surface area contributed by atoms with E-state index in [9.17, 15) is 17.6 Å². The Labute approximate surface area is 117 Å². The molecule has 2 N–H and O–H groups in total. The second-order valence-corrected chi connectivity index (χ2v) is 6.05. The van der Waals surface area contributed by atoms with Gasteiger partial charge in [-0.1, -0.05) is 15.9 Å². The number of methoxy groups -OCH3 is 1. The highest BCUT2D eigenvalue weighted by molar-refractivity contribution is 9.10. The molecule has 0 heterocycles. The molecule has 0 aromatic heterocycles. The fraction of sp³-hybridized carbons (Fsp3) is 0.300. The van der Waals surface area contributed by atoms with Crippen molar-refractivity contribution in [3.8, 4) is 0 Å². The Balaban J connectivity index is 3.07. The Kier molecular flexibility index (Phi) is 5.41. The van der Waals surface area contributed by atoms with Gasteiger partial charge in [0.05, 0.1) is 13.7 Å². The summed E-state index contributed by atoms with van der Waals surface area (Å²) in [6, 6.07) is 1.86. The first kappa shape index (κ1) is 16.0. The molecule has 106 valence electrons. The topological polar surface area (TPSA) is 92.7 Å². The number of hydrogen-bond acceptors (Lipinski definition) is 5. The summed E-state index contributed by atoms with van der Waals surface area (Å²) in [6.07, 6.45) is 0. The minimum Gasteiger partial charge on any atom is -0.468 e. The summed E-state index contributed by atoms with van der Waals surface area (Å²) in [4.78, 5) is 10.6. The van der Waals surface area contributed by atoms with Crippen LogP contribution in [0.25, 0.3) is 0 Å². The quantitative estimate of drug-likeness (QED) is 0.745. The maximum absolute atomic E-state index is 13.6. The third-order valence-electron chi connectivity index (χ3n) is 2.15. The molecule has 9 heteroatoms. The van der Waals surface area contributed by atoms with Crippen LogP contribution in [0.2, 0.25) is 0 Å². The third kappa shape index (κ3) is 3.96. The lowest BCUT2D eigenvalue weighted by molar-refractivity contribution is -0.143. The number of carbonyl (C=O) groups is 1. The van der Waals surface area contributed by atoms with Gasteiger partial charge in [0, 0.05) is 4.47 Å². The maximum atomic E-state index is 13.6. The molecule has 0 spiro atoms. The number of benzene rings is 1. The monoisotopic (exact) mass is 355 g/mol. The van der Waals surface area contributed by atoms with Crippen LogP contribution in [0.5, 0.6) is 0 Å². The van der Waals surface area contributed by atoms with Crippen molar-refractivity contribution in [2.45, 2.75) is 10.9 Å². The number of ether oxygens (including phenoxy) is 1. The first-order chi connectivity index (χ1) is 8.81. The highest BCUT2D eigenvalue weighted by Gasteiger charge is 2.27. The molecule has 0 fully saturated rings. The van der Waals surface area contributed by atoms with Crippen molar-refractivity contribution < 1.29 is 27.4 Å². The summed E-state index contributed by atoms with van der Waals surface area (Å²) < 4.78 is 43.8. The van der Waals surface area contributed by atoms with Crippen LogP contribution in [0.3, 0.4) is 0 Å². The first-order valence-electron chi connectivity index (χ1n) is 4.98. The van der Waals surface area contributed by atoms with Gasteiger partial charge in [0.25, 0.3) is 0 Å². The first-order valence-corrected chi connectivity index (χ1v) is 7.25. The summed E-state index contributed by atoms with van der Waals surface area (Å²) in [5.41, 5.74) is 0. The van der Waals surface area contributed by atoms with Crippen molar-refractivity contribution >= 4 is 31.9 Å². The molecule has 19 heavy (non-hydrogen) atoms. The van der Waals surface area contributed by atoms with E-state index in [4.69, 9.17) is 5.11 Å². The molecule has 1 unspecified atom stereocenters. The van der Waals surface area contributed by atoms with Crippen LogP contribution >= 0.6 is 15.9 Å². The van der Waals surface area contributed by atoms with E-state index < -0.39 is 39.4 Å². The summed E-state index contributed by atoms with van der Waals surface area (Å²) in [5.74, 6) is -1.95. The minimum absolute atomic E-state index is 0.371. The van der Waals surface area contributed by atoms with Crippen molar-refractivity contribution in [2.24, 2.45) is 0 Å². The maximum Gasteiger partial charge on any atom is 0.326 e. The third-order valence-corrected chi connectivity index (χ3v) is 4.15. The van der Waals surface area contributed by atoms with Gasteiger partial charge in [-0.05, 0) is 18.2 Å². The Bertz CT molecular complexity index is 577. The number of rotatable bonds is 5. The number of sulfonamides is 1. The largest absolute Gasteiger partial charge is 0.468 e. The molecular formula is C10H11BrFNO5S. The van der Waals surface area contributed by atoms with Gasteiger partial charge in [-0.25, -0.2) is 12.8 Å². The number of aliphatic hydroxyl groups excluding tert-OH is 1. The molecule has 1 aromatic rings. The molecule has 1 aromatic carbocycles. The number of carbonyl (C=O) groups excluding carboxylic acids is 1. The Hall–Kier alpha value is -1.03. The Morgan fingerprint density at radius 2 is 2.21 bits per heavy atom. The predicted molar refractivity (Wildman–Crippen MR) is 67.3 cm³/mol. The Morgan fingerprint density at radius 1 is 1.58 bits per heavy atom. The van der Waals surface area contributed by atoms with E-state index in [0.29, 0.717) is 4.47 Å². The standard InChI is InChI=1S/C10H11BrFNO5S/c1-18-10(15)8(5-14)13-19(16,17)9-3-2-6(11)4-7(9)12/h2-4,8,13-14H,5H2,1H3. The van der Waals surface area contributed by atoms with Crippen LogP contribution in [0.15, 0.2) is 27.6 Å². The highest BCUT2D eigenvalue weighted by Crippen LogP contribution is 2.19. The minimum atomic E-state index is -4.28. The van der Waals surface area contributed by atoms with E-state index in [1.807, 2.05) is 4.72 Å². The second kappa shape index (κ2) is 6.42. The highest BCUT2D eigenvalue weighted by atomic mass is 79.9. The van der Waals surface area contributed by atoms with Gasteiger partial charge in [0.15, 0.2) is 0 Å². The van der Waals surface area contributed by atoms with Crippen molar-refractivity contribution in [3.05, 3.63) is 28.5 Å². The zero-order chi connectivity index (χ0) is 14.6. The van der Waals surface area contributed by atoms with Gasteiger partial charge in [0.1, 0.15) is 16.8 Å². The van der Waals surface area contributed by atoms with Crippen LogP contribution in [0.4, 0.5) is 4.39 Å². The molecule has 0 aliphatic carbocycles. The SMILES string of the molecule is COC(=O)C(CO)NS(=O)(=O)c1ccc(Br)cc1F. The molecule has 6 nitrogen and oxygen atoms in total. The smallest absolute Gasteiger partial charge is 0.326 e. The molecular weight excluding hydrogens is 345 g/mol. The number of nitrogens with one attached hydrogen (secondary N) is 1. The average molecular weight is 356 g/mol. The van der Waals surface area contributed by atoms with Gasteiger partial charge in [0.2, 0.25) is 10.0 Å². The molecule has 0 amide bonds. The molecule has 0 radical (unpaired) electrons. The van der Waals surface area contributed by atoms with E-state index in [2.05, 4.69) is 20.7 Å². The summed E-state index contributed by atoms with van der Waals surface area (Å²) in [5, 5.41) is 8.92. The van der Waals surface area contributed by atoms with E-state index in [1.165, 1.54) is 6.07 Å². The van der Waals surface area contributed by atoms with E-state index in [1.54, 1.807) is 0 Å². The summed E-state index contributed by atoms with van der Waals surface area (Å²) in [6.45, 7) is -0.802. The number of aliphatic hydroxyl groups is 1. The van der Waals surface area contributed by atoms with Crippen molar-refractivity contribution in [3.63, 3.8) is 0 Å². The van der Waals surface area contributed by atoms with Gasteiger partial charge < -0.3 is 9.84 Å². The lowest BCUT2D eigenvalue weighted by Crippen LogP contribution is -2.44. The molecule has 0 bridgehead atoms. The van der Waals surface area contributed by atoms with Gasteiger partial charge >= 0.3 is 5.97 Å². The number of hydrogen-bond donors (Lipinski definition) is 2. The average Bonchev–Trinajstić information content (AvgIpc) is 2.34. The predicted octanol–water partition coefficient (Wildman–Crippen LogP) is 0.400. The van der Waals surface area contributed by atoms with Crippen LogP contribution in [0.1, 0.15) is 0 Å². The number of esters is 1. The zero-order valence-electron chi connectivity index (χ0n) is 9.76. The molecule has 1 atom stereocenters. The molecule has 0 saturated carbocycles. The van der Waals surface area contributed by atoms with E-state index in [-0.39, 0.29) is 0 Å². The normalized spacial score (nSPS) is 13.1. The van der Waals surface area contributed by atoms with Crippen molar-refractivity contribution in [2.75, 3.05) is 13.7 Å². The van der Waals surface area contributed by atoms with Crippen LogP contribution < -0.4 is 4.72 Å². The molecule has 0 aliphatic heterocycles. The van der Waals surface area contributed by atoms with Gasteiger partial charge in [-0.15, -0.1) is 0 Å². The van der Waals surface area contributed by atoms with Crippen LogP contribution in [-0.2, 0) is 19.6 Å². The lowest BCUT2D eigenvalue weighted by atomic mass is 10.3. The van der Waals surface area contributed by atoms with Crippen LogP contribution in [-0.4, -0.2) is 39.3 Å². The molecule has 0 aliphatic rings. The zero-order valence-corrected chi connectivity index (χ0v) is 12.2. The van der Waals surface area contributed by atoms with Gasteiger partial charge in [-0.2, -0.15) is 4.72 Å². The fourth-order valence-corrected chi connectivity index (χ4v) is 2.81. The summed E-state index contributed by atoms with van der Waals surface area (Å²) in [7, 11) is -3.24.